The fourth-order valence-corrected chi connectivity index (χ4v) is 3.73. The second-order valence-electron chi connectivity index (χ2n) is 6.92. The third kappa shape index (κ3) is 4.64. The highest BCUT2D eigenvalue weighted by Gasteiger charge is 2.32. The Bertz CT molecular complexity index is 836. The van der Waals surface area contributed by atoms with Gasteiger partial charge >= 0.3 is 5.97 Å². The third-order valence-corrected chi connectivity index (χ3v) is 5.28. The van der Waals surface area contributed by atoms with Crippen LogP contribution in [0.3, 0.4) is 0 Å². The van der Waals surface area contributed by atoms with Crippen molar-refractivity contribution in [1.82, 2.24) is 0 Å². The van der Waals surface area contributed by atoms with E-state index < -0.39 is 24.3 Å². The second kappa shape index (κ2) is 8.92. The highest BCUT2D eigenvalue weighted by atomic mass is 35.5. The summed E-state index contributed by atoms with van der Waals surface area (Å²) in [7, 11) is 1.60. The van der Waals surface area contributed by atoms with Gasteiger partial charge in [0.2, 0.25) is 0 Å². The minimum atomic E-state index is -1.11. The van der Waals surface area contributed by atoms with Gasteiger partial charge in [-0.25, -0.2) is 4.79 Å². The number of aromatic carboxylic acids is 1. The van der Waals surface area contributed by atoms with Crippen LogP contribution >= 0.6 is 11.6 Å². The Kier molecular flexibility index (Phi) is 6.57. The minimum Gasteiger partial charge on any atom is -0.497 e. The van der Waals surface area contributed by atoms with Gasteiger partial charge in [0.1, 0.15) is 5.75 Å². The van der Waals surface area contributed by atoms with Gasteiger partial charge in [-0.15, -0.1) is 0 Å². The molecular weight excluding hydrogens is 384 g/mol. The molecule has 1 aliphatic rings. The van der Waals surface area contributed by atoms with Crippen LogP contribution in [-0.4, -0.2) is 47.2 Å². The summed E-state index contributed by atoms with van der Waals surface area (Å²) in [5.74, 6) is -0.367. The third-order valence-electron chi connectivity index (χ3n) is 4.93. The van der Waals surface area contributed by atoms with Crippen LogP contribution in [0, 0.1) is 0 Å². The zero-order valence-corrected chi connectivity index (χ0v) is 16.2. The Morgan fingerprint density at radius 3 is 2.57 bits per heavy atom. The number of methoxy groups -OCH3 is 1. The lowest BCUT2D eigenvalue weighted by Gasteiger charge is -2.33. The first-order chi connectivity index (χ1) is 13.4. The van der Waals surface area contributed by atoms with Crippen LogP contribution in [0.2, 0.25) is 5.02 Å². The molecule has 0 aromatic heterocycles. The predicted molar refractivity (Wildman–Crippen MR) is 104 cm³/mol. The normalized spacial score (nSPS) is 22.1. The summed E-state index contributed by atoms with van der Waals surface area (Å²) >= 11 is 6.36. The topological polar surface area (TPSA) is 96.2 Å². The number of aliphatic hydroxyl groups excluding tert-OH is 2. The lowest BCUT2D eigenvalue weighted by atomic mass is 9.90. The van der Waals surface area contributed by atoms with Crippen molar-refractivity contribution in [3.63, 3.8) is 0 Å². The molecule has 0 radical (unpaired) electrons. The van der Waals surface area contributed by atoms with Crippen LogP contribution in [0.1, 0.15) is 46.0 Å². The van der Waals surface area contributed by atoms with Gasteiger partial charge in [0, 0.05) is 17.9 Å². The van der Waals surface area contributed by atoms with E-state index in [1.165, 1.54) is 6.07 Å². The van der Waals surface area contributed by atoms with E-state index in [-0.39, 0.29) is 18.6 Å². The van der Waals surface area contributed by atoms with Gasteiger partial charge in [-0.2, -0.15) is 0 Å². The molecule has 0 bridgehead atoms. The Hall–Kier alpha value is -2.12. The molecule has 3 rings (SSSR count). The average Bonchev–Trinajstić information content (AvgIpc) is 2.69. The van der Waals surface area contributed by atoms with E-state index >= 15 is 0 Å². The molecule has 6 nitrogen and oxygen atoms in total. The number of ether oxygens (including phenoxy) is 2. The monoisotopic (exact) mass is 406 g/mol. The summed E-state index contributed by atoms with van der Waals surface area (Å²) in [6, 6.07) is 10.7. The molecule has 0 spiro atoms. The molecule has 1 heterocycles. The van der Waals surface area contributed by atoms with E-state index in [2.05, 4.69) is 0 Å². The summed E-state index contributed by atoms with van der Waals surface area (Å²) in [4.78, 5) is 11.7. The van der Waals surface area contributed by atoms with Gasteiger partial charge in [-0.1, -0.05) is 29.8 Å². The first kappa shape index (κ1) is 20.6. The Morgan fingerprint density at radius 2 is 1.96 bits per heavy atom. The van der Waals surface area contributed by atoms with Crippen molar-refractivity contribution in [1.29, 1.82) is 0 Å². The quantitative estimate of drug-likeness (QED) is 0.681. The van der Waals surface area contributed by atoms with Crippen LogP contribution in [0.5, 0.6) is 5.75 Å². The molecule has 0 unspecified atom stereocenters. The van der Waals surface area contributed by atoms with Crippen LogP contribution in [0.25, 0.3) is 0 Å². The van der Waals surface area contributed by atoms with E-state index in [1.54, 1.807) is 13.2 Å². The van der Waals surface area contributed by atoms with Gasteiger partial charge in [-0.05, 0) is 41.3 Å². The molecule has 1 aliphatic heterocycles. The van der Waals surface area contributed by atoms with Gasteiger partial charge in [0.05, 0.1) is 37.6 Å². The van der Waals surface area contributed by atoms with Crippen molar-refractivity contribution in [3.05, 3.63) is 63.7 Å². The van der Waals surface area contributed by atoms with Crippen molar-refractivity contribution in [2.45, 2.75) is 37.6 Å². The Balaban J connectivity index is 1.95. The van der Waals surface area contributed by atoms with Crippen LogP contribution < -0.4 is 4.74 Å². The highest BCUT2D eigenvalue weighted by Crippen LogP contribution is 2.36. The molecule has 0 aliphatic carbocycles. The van der Waals surface area contributed by atoms with Crippen molar-refractivity contribution in [2.24, 2.45) is 0 Å². The zero-order valence-electron chi connectivity index (χ0n) is 15.5. The minimum absolute atomic E-state index is 0.0410. The summed E-state index contributed by atoms with van der Waals surface area (Å²) < 4.78 is 11.0. The van der Waals surface area contributed by atoms with Gasteiger partial charge < -0.3 is 24.8 Å². The molecule has 1 saturated heterocycles. The smallest absolute Gasteiger partial charge is 0.336 e. The second-order valence-corrected chi connectivity index (χ2v) is 7.32. The SMILES string of the molecule is COc1ccc(Cc2cc([C@H]3C[C@@H](O)C[C@@H](CO)O3)c(C(=O)O)cc2Cl)cc1. The Morgan fingerprint density at radius 1 is 1.25 bits per heavy atom. The number of carbonyl (C=O) groups is 1. The fraction of sp³-hybridized carbons (Fsp3) is 0.381. The van der Waals surface area contributed by atoms with E-state index in [0.29, 0.717) is 23.4 Å². The number of aliphatic hydroxyl groups is 2. The molecule has 0 amide bonds. The number of carboxylic acids is 1. The van der Waals surface area contributed by atoms with Gasteiger partial charge in [0.15, 0.2) is 0 Å². The predicted octanol–water partition coefficient (Wildman–Crippen LogP) is 3.21. The van der Waals surface area contributed by atoms with Crippen molar-refractivity contribution in [2.75, 3.05) is 13.7 Å². The van der Waals surface area contributed by atoms with Gasteiger partial charge in [-0.3, -0.25) is 0 Å². The van der Waals surface area contributed by atoms with Crippen LogP contribution in [0.15, 0.2) is 36.4 Å². The lowest BCUT2D eigenvalue weighted by molar-refractivity contribution is -0.114. The van der Waals surface area contributed by atoms with Gasteiger partial charge in [0.25, 0.3) is 0 Å². The molecule has 28 heavy (non-hydrogen) atoms. The molecule has 2 aromatic carbocycles. The number of carboxylic acid groups (broad SMARTS) is 1. The summed E-state index contributed by atoms with van der Waals surface area (Å²) in [5, 5.41) is 29.5. The molecule has 3 N–H and O–H groups in total. The number of halogens is 1. The summed E-state index contributed by atoms with van der Waals surface area (Å²) in [6.07, 6.45) is -0.732. The van der Waals surface area contributed by atoms with Crippen LogP contribution in [-0.2, 0) is 11.2 Å². The molecule has 150 valence electrons. The Labute approximate surface area is 168 Å². The summed E-state index contributed by atoms with van der Waals surface area (Å²) in [5.41, 5.74) is 2.25. The van der Waals surface area contributed by atoms with E-state index in [4.69, 9.17) is 21.1 Å². The maximum Gasteiger partial charge on any atom is 0.336 e. The van der Waals surface area contributed by atoms with Crippen molar-refractivity contribution < 1.29 is 29.6 Å². The number of hydrogen-bond acceptors (Lipinski definition) is 5. The molecule has 7 heteroatoms. The van der Waals surface area contributed by atoms with E-state index in [0.717, 1.165) is 16.9 Å². The lowest BCUT2D eigenvalue weighted by Crippen LogP contribution is -2.34. The number of rotatable bonds is 6. The maximum absolute atomic E-state index is 11.7. The van der Waals surface area contributed by atoms with Crippen molar-refractivity contribution >= 4 is 17.6 Å². The van der Waals surface area contributed by atoms with Crippen molar-refractivity contribution in [3.8, 4) is 5.75 Å². The zero-order chi connectivity index (χ0) is 20.3. The van der Waals surface area contributed by atoms with E-state index in [1.807, 2.05) is 24.3 Å². The molecule has 1 fully saturated rings. The average molecular weight is 407 g/mol. The standard InChI is InChI=1S/C21H23ClO6/c1-27-15-4-2-12(3-5-15)6-13-7-17(18(21(25)26)10-19(13)22)20-9-14(24)8-16(11-23)28-20/h2-5,7,10,14,16,20,23-24H,6,8-9,11H2,1H3,(H,25,26)/t14-,16-,20+/m0/s1. The highest BCUT2D eigenvalue weighted by molar-refractivity contribution is 6.31. The molecule has 0 saturated carbocycles. The fourth-order valence-electron chi connectivity index (χ4n) is 3.50. The van der Waals surface area contributed by atoms with Crippen LogP contribution in [0.4, 0.5) is 0 Å². The summed E-state index contributed by atoms with van der Waals surface area (Å²) in [6.45, 7) is -0.234. The number of hydrogen-bond donors (Lipinski definition) is 3. The molecular formula is C21H23ClO6. The number of benzene rings is 2. The first-order valence-corrected chi connectivity index (χ1v) is 9.42. The molecule has 3 atom stereocenters. The largest absolute Gasteiger partial charge is 0.497 e. The maximum atomic E-state index is 11.7. The van der Waals surface area contributed by atoms with E-state index in [9.17, 15) is 20.1 Å². The molecule has 2 aromatic rings. The first-order valence-electron chi connectivity index (χ1n) is 9.04.